The molecule has 1 fully saturated rings. The van der Waals surface area contributed by atoms with Crippen LogP contribution >= 0.6 is 11.6 Å². The van der Waals surface area contributed by atoms with Crippen molar-refractivity contribution in [3.8, 4) is 0 Å². The first kappa shape index (κ1) is 14.7. The largest absolute Gasteiger partial charge is 0.465 e. The van der Waals surface area contributed by atoms with Crippen LogP contribution in [-0.2, 0) is 0 Å². The van der Waals surface area contributed by atoms with Crippen LogP contribution in [0.15, 0.2) is 12.3 Å². The minimum atomic E-state index is -0.869. The standard InChI is InChI=1S/C13H19ClN4O2/c1-7-6-18(13(19)20)8(2)3-11(7)17-12-10(15)4-9(14)5-16-12/h4-5,7-8,11H,3,6,15H2,1-2H3,(H,16,17)(H,19,20)/t7-,8+,11?/m0/s1. The summed E-state index contributed by atoms with van der Waals surface area (Å²) in [6.07, 6.45) is 1.39. The first-order valence-electron chi connectivity index (χ1n) is 6.55. The van der Waals surface area contributed by atoms with Gasteiger partial charge in [0.1, 0.15) is 5.82 Å². The number of nitrogens with one attached hydrogen (secondary N) is 1. The Labute approximate surface area is 122 Å². The average molecular weight is 299 g/mol. The lowest BCUT2D eigenvalue weighted by atomic mass is 9.89. The van der Waals surface area contributed by atoms with Crippen molar-refractivity contribution < 1.29 is 9.90 Å². The number of nitrogen functional groups attached to an aromatic ring is 1. The van der Waals surface area contributed by atoms with E-state index in [4.69, 9.17) is 22.4 Å². The van der Waals surface area contributed by atoms with Crippen molar-refractivity contribution in [3.63, 3.8) is 0 Å². The van der Waals surface area contributed by atoms with E-state index >= 15 is 0 Å². The molecule has 1 aromatic rings. The summed E-state index contributed by atoms with van der Waals surface area (Å²) in [6, 6.07) is 1.75. The minimum Gasteiger partial charge on any atom is -0.465 e. The molecule has 0 spiro atoms. The Kier molecular flexibility index (Phi) is 4.23. The van der Waals surface area contributed by atoms with Gasteiger partial charge in [0.2, 0.25) is 0 Å². The van der Waals surface area contributed by atoms with Gasteiger partial charge in [-0.1, -0.05) is 18.5 Å². The maximum atomic E-state index is 11.1. The van der Waals surface area contributed by atoms with E-state index < -0.39 is 6.09 Å². The van der Waals surface area contributed by atoms with Crippen molar-refractivity contribution >= 4 is 29.2 Å². The van der Waals surface area contributed by atoms with Crippen LogP contribution in [0.5, 0.6) is 0 Å². The Balaban J connectivity index is 2.08. The Hall–Kier alpha value is -1.69. The van der Waals surface area contributed by atoms with Crippen LogP contribution in [-0.4, -0.2) is 39.7 Å². The predicted octanol–water partition coefficient (Wildman–Crippen LogP) is 2.51. The van der Waals surface area contributed by atoms with Crippen LogP contribution < -0.4 is 11.1 Å². The summed E-state index contributed by atoms with van der Waals surface area (Å²) >= 11 is 5.82. The minimum absolute atomic E-state index is 0.0327. The maximum absolute atomic E-state index is 11.1. The molecule has 4 N–H and O–H groups in total. The SMILES string of the molecule is C[C@@H]1CC(Nc2ncc(Cl)cc2N)[C@@H](C)CN1C(=O)O. The van der Waals surface area contributed by atoms with Gasteiger partial charge in [-0.3, -0.25) is 0 Å². The quantitative estimate of drug-likeness (QED) is 0.780. The van der Waals surface area contributed by atoms with E-state index in [1.165, 1.54) is 4.90 Å². The molecule has 1 saturated heterocycles. The van der Waals surface area contributed by atoms with Crippen LogP contribution in [0.3, 0.4) is 0 Å². The lowest BCUT2D eigenvalue weighted by Crippen LogP contribution is -2.51. The highest BCUT2D eigenvalue weighted by Crippen LogP contribution is 2.27. The lowest BCUT2D eigenvalue weighted by Gasteiger charge is -2.40. The number of aromatic nitrogens is 1. The molecule has 3 atom stereocenters. The van der Waals surface area contributed by atoms with E-state index in [1.807, 2.05) is 13.8 Å². The Morgan fingerprint density at radius 1 is 1.60 bits per heavy atom. The average Bonchev–Trinajstić information content (AvgIpc) is 2.36. The van der Waals surface area contributed by atoms with Gasteiger partial charge in [-0.25, -0.2) is 9.78 Å². The topological polar surface area (TPSA) is 91.5 Å². The fourth-order valence-electron chi connectivity index (χ4n) is 2.56. The van der Waals surface area contributed by atoms with E-state index in [1.54, 1.807) is 12.3 Å². The van der Waals surface area contributed by atoms with Gasteiger partial charge in [0.25, 0.3) is 0 Å². The molecule has 1 aliphatic heterocycles. The van der Waals surface area contributed by atoms with E-state index in [0.717, 1.165) is 6.42 Å². The Morgan fingerprint density at radius 3 is 2.90 bits per heavy atom. The van der Waals surface area contributed by atoms with Gasteiger partial charge in [-0.05, 0) is 25.3 Å². The Morgan fingerprint density at radius 2 is 2.30 bits per heavy atom. The number of carboxylic acid groups (broad SMARTS) is 1. The van der Waals surface area contributed by atoms with Gasteiger partial charge in [0.15, 0.2) is 0 Å². The third-order valence-corrected chi connectivity index (χ3v) is 3.96. The summed E-state index contributed by atoms with van der Waals surface area (Å²) in [5.41, 5.74) is 6.38. The highest BCUT2D eigenvalue weighted by atomic mass is 35.5. The first-order chi connectivity index (χ1) is 9.38. The fourth-order valence-corrected chi connectivity index (χ4v) is 2.73. The number of piperidine rings is 1. The molecule has 20 heavy (non-hydrogen) atoms. The van der Waals surface area contributed by atoms with Crippen molar-refractivity contribution in [2.24, 2.45) is 5.92 Å². The summed E-state index contributed by atoms with van der Waals surface area (Å²) in [7, 11) is 0. The smallest absolute Gasteiger partial charge is 0.407 e. The normalized spacial score (nSPS) is 26.4. The third kappa shape index (κ3) is 3.07. The van der Waals surface area contributed by atoms with Crippen LogP contribution in [0, 0.1) is 5.92 Å². The Bertz CT molecular complexity index is 511. The molecule has 1 aromatic heterocycles. The van der Waals surface area contributed by atoms with Crippen molar-refractivity contribution in [1.82, 2.24) is 9.88 Å². The number of nitrogens with two attached hydrogens (primary N) is 1. The van der Waals surface area contributed by atoms with Gasteiger partial charge < -0.3 is 21.1 Å². The first-order valence-corrected chi connectivity index (χ1v) is 6.93. The number of anilines is 2. The molecular formula is C13H19ClN4O2. The van der Waals surface area contributed by atoms with Crippen LogP contribution in [0.2, 0.25) is 5.02 Å². The van der Waals surface area contributed by atoms with Crippen LogP contribution in [0.25, 0.3) is 0 Å². The zero-order valence-electron chi connectivity index (χ0n) is 11.5. The molecule has 6 nitrogen and oxygen atoms in total. The zero-order valence-corrected chi connectivity index (χ0v) is 12.3. The van der Waals surface area contributed by atoms with Gasteiger partial charge in [0.05, 0.1) is 10.7 Å². The molecule has 7 heteroatoms. The third-order valence-electron chi connectivity index (χ3n) is 3.75. The van der Waals surface area contributed by atoms with Crippen LogP contribution in [0.1, 0.15) is 20.3 Å². The molecular weight excluding hydrogens is 280 g/mol. The van der Waals surface area contributed by atoms with Crippen molar-refractivity contribution in [3.05, 3.63) is 17.3 Å². The molecule has 0 saturated carbocycles. The number of hydrogen-bond acceptors (Lipinski definition) is 4. The number of amides is 1. The van der Waals surface area contributed by atoms with Gasteiger partial charge >= 0.3 is 6.09 Å². The summed E-state index contributed by atoms with van der Waals surface area (Å²) in [4.78, 5) is 16.8. The summed E-state index contributed by atoms with van der Waals surface area (Å²) in [6.45, 7) is 4.43. The van der Waals surface area contributed by atoms with E-state index in [2.05, 4.69) is 10.3 Å². The van der Waals surface area contributed by atoms with Gasteiger partial charge in [-0.15, -0.1) is 0 Å². The van der Waals surface area contributed by atoms with Crippen LogP contribution in [0.4, 0.5) is 16.3 Å². The zero-order chi connectivity index (χ0) is 14.9. The highest BCUT2D eigenvalue weighted by molar-refractivity contribution is 6.30. The molecule has 2 heterocycles. The predicted molar refractivity (Wildman–Crippen MR) is 79.0 cm³/mol. The highest BCUT2D eigenvalue weighted by Gasteiger charge is 2.33. The number of nitrogens with zero attached hydrogens (tertiary/aromatic N) is 2. The molecule has 110 valence electrons. The molecule has 1 aliphatic rings. The fraction of sp³-hybridized carbons (Fsp3) is 0.538. The summed E-state index contributed by atoms with van der Waals surface area (Å²) < 4.78 is 0. The molecule has 0 radical (unpaired) electrons. The molecule has 0 aromatic carbocycles. The van der Waals surface area contributed by atoms with Gasteiger partial charge in [-0.2, -0.15) is 0 Å². The number of hydrogen-bond donors (Lipinski definition) is 3. The molecule has 0 bridgehead atoms. The number of rotatable bonds is 2. The molecule has 0 aliphatic carbocycles. The number of halogens is 1. The molecule has 1 unspecified atom stereocenters. The second kappa shape index (κ2) is 5.75. The van der Waals surface area contributed by atoms with E-state index in [0.29, 0.717) is 23.1 Å². The summed E-state index contributed by atoms with van der Waals surface area (Å²) in [5, 5.41) is 12.9. The molecule has 1 amide bonds. The van der Waals surface area contributed by atoms with Crippen molar-refractivity contribution in [1.29, 1.82) is 0 Å². The lowest BCUT2D eigenvalue weighted by molar-refractivity contribution is 0.0913. The number of carbonyl (C=O) groups is 1. The van der Waals surface area contributed by atoms with E-state index in [9.17, 15) is 4.79 Å². The summed E-state index contributed by atoms with van der Waals surface area (Å²) in [5.74, 6) is 0.779. The maximum Gasteiger partial charge on any atom is 0.407 e. The second-order valence-corrected chi connectivity index (χ2v) is 5.78. The van der Waals surface area contributed by atoms with Crippen molar-refractivity contribution in [2.75, 3.05) is 17.6 Å². The van der Waals surface area contributed by atoms with E-state index in [-0.39, 0.29) is 18.0 Å². The number of likely N-dealkylation sites (tertiary alicyclic amines) is 1. The van der Waals surface area contributed by atoms with Gasteiger partial charge in [0, 0.05) is 24.8 Å². The van der Waals surface area contributed by atoms with Crippen molar-refractivity contribution in [2.45, 2.75) is 32.4 Å². The second-order valence-electron chi connectivity index (χ2n) is 5.34. The monoisotopic (exact) mass is 298 g/mol. The molecule has 2 rings (SSSR count). The number of pyridine rings is 1.